The van der Waals surface area contributed by atoms with Crippen molar-refractivity contribution in [3.8, 4) is 17.1 Å². The van der Waals surface area contributed by atoms with Gasteiger partial charge in [-0.1, -0.05) is 23.9 Å². The number of benzene rings is 1. The van der Waals surface area contributed by atoms with E-state index in [-0.39, 0.29) is 0 Å². The van der Waals surface area contributed by atoms with Crippen LogP contribution < -0.4 is 9.64 Å². The Kier molecular flexibility index (Phi) is 5.00. The maximum atomic E-state index is 5.28. The van der Waals surface area contributed by atoms with E-state index in [4.69, 9.17) is 4.74 Å². The van der Waals surface area contributed by atoms with Crippen LogP contribution in [0, 0.1) is 0 Å². The molecule has 1 aromatic carbocycles. The van der Waals surface area contributed by atoms with Gasteiger partial charge in [0, 0.05) is 25.5 Å². The quantitative estimate of drug-likeness (QED) is 0.814. The molecule has 1 aromatic heterocycles. The van der Waals surface area contributed by atoms with Gasteiger partial charge in [0.25, 0.3) is 0 Å². The van der Waals surface area contributed by atoms with Crippen molar-refractivity contribution in [2.45, 2.75) is 18.0 Å². The minimum absolute atomic E-state index is 0.840. The van der Waals surface area contributed by atoms with Crippen LogP contribution in [0.25, 0.3) is 11.4 Å². The van der Waals surface area contributed by atoms with Crippen LogP contribution in [-0.2, 0) is 7.05 Å². The number of thioether (sulfide) groups is 1. The number of quaternary nitrogens is 1. The molecule has 2 heterocycles. The first-order chi connectivity index (χ1) is 10.8. The van der Waals surface area contributed by atoms with E-state index in [1.165, 1.54) is 32.5 Å². The number of rotatable bonds is 6. The molecule has 0 bridgehead atoms. The third-order valence-electron chi connectivity index (χ3n) is 4.16. The predicted octanol–water partition coefficient (Wildman–Crippen LogP) is 1.26. The van der Waals surface area contributed by atoms with Gasteiger partial charge in [-0.2, -0.15) is 0 Å². The molecule has 3 rings (SSSR count). The summed E-state index contributed by atoms with van der Waals surface area (Å²) in [6.07, 6.45) is 2.76. The number of nitrogens with one attached hydrogen (secondary N) is 1. The zero-order chi connectivity index (χ0) is 15.4. The molecule has 1 N–H and O–H groups in total. The summed E-state index contributed by atoms with van der Waals surface area (Å²) in [5.41, 5.74) is 1.03. The van der Waals surface area contributed by atoms with Crippen molar-refractivity contribution in [3.05, 3.63) is 24.3 Å². The summed E-state index contributed by atoms with van der Waals surface area (Å²) in [7, 11) is 3.71. The first-order valence-corrected chi connectivity index (χ1v) is 8.76. The molecule has 0 saturated carbocycles. The first kappa shape index (κ1) is 15.4. The smallest absolute Gasteiger partial charge is 0.191 e. The van der Waals surface area contributed by atoms with E-state index in [1.807, 2.05) is 31.3 Å². The molecule has 6 heteroatoms. The van der Waals surface area contributed by atoms with Crippen molar-refractivity contribution in [1.29, 1.82) is 0 Å². The summed E-state index contributed by atoms with van der Waals surface area (Å²) in [5.74, 6) is 2.82. The van der Waals surface area contributed by atoms with Crippen molar-refractivity contribution in [3.63, 3.8) is 0 Å². The van der Waals surface area contributed by atoms with Crippen LogP contribution in [0.4, 0.5) is 0 Å². The summed E-state index contributed by atoms with van der Waals surface area (Å²) in [6, 6.07) is 7.95. The number of methoxy groups -OCH3 is 1. The Morgan fingerprint density at radius 3 is 2.86 bits per heavy atom. The number of hydrogen-bond donors (Lipinski definition) is 1. The Morgan fingerprint density at radius 2 is 2.09 bits per heavy atom. The molecule has 22 heavy (non-hydrogen) atoms. The Hall–Kier alpha value is -1.53. The molecule has 1 aliphatic heterocycles. The number of aromatic nitrogens is 3. The Morgan fingerprint density at radius 1 is 1.27 bits per heavy atom. The van der Waals surface area contributed by atoms with Crippen LogP contribution in [0.3, 0.4) is 0 Å². The van der Waals surface area contributed by atoms with E-state index in [1.54, 1.807) is 23.8 Å². The monoisotopic (exact) mass is 319 g/mol. The van der Waals surface area contributed by atoms with E-state index < -0.39 is 0 Å². The van der Waals surface area contributed by atoms with Gasteiger partial charge in [0.05, 0.1) is 32.5 Å². The lowest BCUT2D eigenvalue weighted by Gasteiger charge is -2.11. The zero-order valence-corrected chi connectivity index (χ0v) is 14.0. The second kappa shape index (κ2) is 7.15. The zero-order valence-electron chi connectivity index (χ0n) is 13.2. The number of hydrogen-bond acceptors (Lipinski definition) is 4. The van der Waals surface area contributed by atoms with Crippen molar-refractivity contribution >= 4 is 11.8 Å². The second-order valence-electron chi connectivity index (χ2n) is 5.65. The summed E-state index contributed by atoms with van der Waals surface area (Å²) in [5, 5.41) is 9.66. The lowest BCUT2D eigenvalue weighted by Crippen LogP contribution is -3.10. The molecule has 2 aromatic rings. The highest BCUT2D eigenvalue weighted by atomic mass is 32.2. The van der Waals surface area contributed by atoms with Crippen LogP contribution in [0.2, 0.25) is 0 Å². The average Bonchev–Trinajstić information content (AvgIpc) is 3.18. The highest BCUT2D eigenvalue weighted by Crippen LogP contribution is 2.25. The molecule has 0 atom stereocenters. The summed E-state index contributed by atoms with van der Waals surface area (Å²) in [6.45, 7) is 3.87. The van der Waals surface area contributed by atoms with Crippen molar-refractivity contribution < 1.29 is 9.64 Å². The van der Waals surface area contributed by atoms with E-state index in [0.29, 0.717) is 0 Å². The molecule has 118 valence electrons. The van der Waals surface area contributed by atoms with Gasteiger partial charge in [-0.3, -0.25) is 0 Å². The standard InChI is InChI=1S/C16H22N4OS/c1-19-15(13-6-5-7-14(12-13)21-2)17-18-16(19)22-11-10-20-8-3-4-9-20/h5-7,12H,3-4,8-11H2,1-2H3/p+1. The molecule has 1 fully saturated rings. The van der Waals surface area contributed by atoms with Gasteiger partial charge < -0.3 is 14.2 Å². The SMILES string of the molecule is COc1cccc(-c2nnc(SCC[NH+]3CCCC3)n2C)c1. The highest BCUT2D eigenvalue weighted by Gasteiger charge is 2.16. The molecule has 1 saturated heterocycles. The number of ether oxygens (including phenoxy) is 1. The highest BCUT2D eigenvalue weighted by molar-refractivity contribution is 7.99. The Balaban J connectivity index is 1.65. The predicted molar refractivity (Wildman–Crippen MR) is 88.5 cm³/mol. The summed E-state index contributed by atoms with van der Waals surface area (Å²) in [4.78, 5) is 1.72. The Labute approximate surface area is 135 Å². The van der Waals surface area contributed by atoms with Crippen LogP contribution in [0.15, 0.2) is 29.4 Å². The number of likely N-dealkylation sites (tertiary alicyclic amines) is 1. The lowest BCUT2D eigenvalue weighted by atomic mass is 10.2. The molecule has 1 aliphatic rings. The van der Waals surface area contributed by atoms with Gasteiger partial charge in [0.1, 0.15) is 5.75 Å². The van der Waals surface area contributed by atoms with Gasteiger partial charge in [0.15, 0.2) is 11.0 Å². The van der Waals surface area contributed by atoms with Crippen LogP contribution in [0.1, 0.15) is 12.8 Å². The van der Waals surface area contributed by atoms with Crippen molar-refractivity contribution in [2.75, 3.05) is 32.5 Å². The van der Waals surface area contributed by atoms with E-state index >= 15 is 0 Å². The van der Waals surface area contributed by atoms with Gasteiger partial charge in [0.2, 0.25) is 0 Å². The molecule has 0 aliphatic carbocycles. The van der Waals surface area contributed by atoms with Crippen LogP contribution >= 0.6 is 11.8 Å². The van der Waals surface area contributed by atoms with Crippen LogP contribution in [0.5, 0.6) is 5.75 Å². The van der Waals surface area contributed by atoms with E-state index in [0.717, 1.165) is 28.0 Å². The van der Waals surface area contributed by atoms with Crippen molar-refractivity contribution in [1.82, 2.24) is 14.8 Å². The second-order valence-corrected chi connectivity index (χ2v) is 6.71. The topological polar surface area (TPSA) is 44.4 Å². The number of nitrogens with zero attached hydrogens (tertiary/aromatic N) is 3. The van der Waals surface area contributed by atoms with Gasteiger partial charge >= 0.3 is 0 Å². The summed E-state index contributed by atoms with van der Waals surface area (Å²) >= 11 is 1.80. The van der Waals surface area contributed by atoms with Gasteiger partial charge in [-0.05, 0) is 12.1 Å². The van der Waals surface area contributed by atoms with Crippen LogP contribution in [-0.4, -0.2) is 47.3 Å². The average molecular weight is 319 g/mol. The molecule has 5 nitrogen and oxygen atoms in total. The summed E-state index contributed by atoms with van der Waals surface area (Å²) < 4.78 is 7.35. The first-order valence-electron chi connectivity index (χ1n) is 7.78. The third-order valence-corrected chi connectivity index (χ3v) is 5.18. The fourth-order valence-electron chi connectivity index (χ4n) is 2.87. The largest absolute Gasteiger partial charge is 0.497 e. The molecule has 0 unspecified atom stereocenters. The fourth-order valence-corrected chi connectivity index (χ4v) is 3.82. The maximum Gasteiger partial charge on any atom is 0.191 e. The van der Waals surface area contributed by atoms with Gasteiger partial charge in [-0.25, -0.2) is 0 Å². The lowest BCUT2D eigenvalue weighted by molar-refractivity contribution is -0.884. The molecule has 0 radical (unpaired) electrons. The molecular weight excluding hydrogens is 296 g/mol. The van der Waals surface area contributed by atoms with Crippen molar-refractivity contribution in [2.24, 2.45) is 7.05 Å². The molecule has 0 amide bonds. The minimum Gasteiger partial charge on any atom is -0.497 e. The third kappa shape index (κ3) is 3.44. The Bertz CT molecular complexity index is 622. The fraction of sp³-hybridized carbons (Fsp3) is 0.500. The van der Waals surface area contributed by atoms with E-state index in [9.17, 15) is 0 Å². The molecule has 0 spiro atoms. The normalized spacial score (nSPS) is 15.4. The van der Waals surface area contributed by atoms with Gasteiger partial charge in [-0.15, -0.1) is 10.2 Å². The molecular formula is C16H23N4OS+. The van der Waals surface area contributed by atoms with E-state index in [2.05, 4.69) is 14.8 Å². The maximum absolute atomic E-state index is 5.28. The minimum atomic E-state index is 0.840.